The summed E-state index contributed by atoms with van der Waals surface area (Å²) >= 11 is 0. The molecule has 1 heterocycles. The van der Waals surface area contributed by atoms with Gasteiger partial charge in [-0.15, -0.1) is 0 Å². The van der Waals surface area contributed by atoms with Gasteiger partial charge in [-0.25, -0.2) is 0 Å². The smallest absolute Gasteiger partial charge is 0.247 e. The average Bonchev–Trinajstić information content (AvgIpc) is 3.13. The highest BCUT2D eigenvalue weighted by Gasteiger charge is 2.34. The van der Waals surface area contributed by atoms with E-state index < -0.39 is 0 Å². The molecule has 2 aromatic carbocycles. The molecule has 0 aromatic heterocycles. The molecule has 1 aliphatic rings. The Kier molecular flexibility index (Phi) is 5.49. The van der Waals surface area contributed by atoms with Crippen molar-refractivity contribution in [3.05, 3.63) is 66.2 Å². The number of hydrogen-bond acceptors (Lipinski definition) is 2. The molecule has 1 fully saturated rings. The molecule has 0 unspecified atom stereocenters. The van der Waals surface area contributed by atoms with Gasteiger partial charge >= 0.3 is 0 Å². The molecule has 4 nitrogen and oxygen atoms in total. The van der Waals surface area contributed by atoms with Crippen LogP contribution in [0.3, 0.4) is 0 Å². The monoisotopic (exact) mass is 336 g/mol. The maximum atomic E-state index is 12.7. The molecule has 1 N–H and O–H groups in total. The van der Waals surface area contributed by atoms with Gasteiger partial charge in [0.25, 0.3) is 0 Å². The Bertz CT molecular complexity index is 715. The zero-order valence-corrected chi connectivity index (χ0v) is 14.5. The van der Waals surface area contributed by atoms with Crippen molar-refractivity contribution in [2.75, 3.05) is 11.9 Å². The third-order valence-corrected chi connectivity index (χ3v) is 4.77. The quantitative estimate of drug-likeness (QED) is 0.902. The van der Waals surface area contributed by atoms with Crippen LogP contribution in [0.4, 0.5) is 5.69 Å². The van der Waals surface area contributed by atoms with E-state index in [-0.39, 0.29) is 23.8 Å². The Labute approximate surface area is 148 Å². The standard InChI is InChI=1S/C21H24N2O2/c1-16(17-9-4-2-5-10-17)15-20(24)23-14-8-13-19(23)21(25)22-18-11-6-3-7-12-18/h2-7,9-12,16,19H,8,13-15H2,1H3,(H,22,25)/t16-,19+/m1/s1. The Hall–Kier alpha value is -2.62. The van der Waals surface area contributed by atoms with Crippen LogP contribution in [-0.2, 0) is 9.59 Å². The number of rotatable bonds is 5. The zero-order chi connectivity index (χ0) is 17.6. The van der Waals surface area contributed by atoms with Crippen molar-refractivity contribution < 1.29 is 9.59 Å². The number of benzene rings is 2. The van der Waals surface area contributed by atoms with E-state index >= 15 is 0 Å². The molecule has 0 radical (unpaired) electrons. The number of amides is 2. The molecule has 2 aromatic rings. The number of hydrogen-bond donors (Lipinski definition) is 1. The van der Waals surface area contributed by atoms with Gasteiger partial charge in [0.05, 0.1) is 0 Å². The highest BCUT2D eigenvalue weighted by Crippen LogP contribution is 2.24. The van der Waals surface area contributed by atoms with E-state index in [1.807, 2.05) is 60.7 Å². The van der Waals surface area contributed by atoms with Crippen molar-refractivity contribution in [1.82, 2.24) is 4.90 Å². The number of carbonyl (C=O) groups excluding carboxylic acids is 2. The van der Waals surface area contributed by atoms with Gasteiger partial charge < -0.3 is 10.2 Å². The molecule has 1 aliphatic heterocycles. The lowest BCUT2D eigenvalue weighted by Gasteiger charge is -2.25. The molecule has 0 bridgehead atoms. The van der Waals surface area contributed by atoms with Crippen LogP contribution >= 0.6 is 0 Å². The van der Waals surface area contributed by atoms with Gasteiger partial charge in [-0.1, -0.05) is 55.5 Å². The first-order valence-corrected chi connectivity index (χ1v) is 8.85. The molecule has 1 saturated heterocycles. The maximum Gasteiger partial charge on any atom is 0.247 e. The first-order chi connectivity index (χ1) is 12.1. The summed E-state index contributed by atoms with van der Waals surface area (Å²) in [5.74, 6) is 0.110. The average molecular weight is 336 g/mol. The molecule has 25 heavy (non-hydrogen) atoms. The summed E-state index contributed by atoms with van der Waals surface area (Å²) in [6, 6.07) is 19.1. The van der Waals surface area contributed by atoms with Crippen molar-refractivity contribution >= 4 is 17.5 Å². The van der Waals surface area contributed by atoms with Gasteiger partial charge in [0.15, 0.2) is 0 Å². The molecular weight excluding hydrogens is 312 g/mol. The van der Waals surface area contributed by atoms with Gasteiger partial charge in [0.1, 0.15) is 6.04 Å². The van der Waals surface area contributed by atoms with Crippen LogP contribution in [0.15, 0.2) is 60.7 Å². The number of nitrogens with zero attached hydrogens (tertiary/aromatic N) is 1. The largest absolute Gasteiger partial charge is 0.331 e. The van der Waals surface area contributed by atoms with Crippen LogP contribution in [-0.4, -0.2) is 29.3 Å². The minimum atomic E-state index is -0.365. The first-order valence-electron chi connectivity index (χ1n) is 8.85. The first kappa shape index (κ1) is 17.2. The van der Waals surface area contributed by atoms with Crippen molar-refractivity contribution in [2.24, 2.45) is 0 Å². The molecule has 2 amide bonds. The lowest BCUT2D eigenvalue weighted by atomic mass is 9.97. The Balaban J connectivity index is 1.62. The summed E-state index contributed by atoms with van der Waals surface area (Å²) in [7, 11) is 0. The zero-order valence-electron chi connectivity index (χ0n) is 14.5. The van der Waals surface area contributed by atoms with E-state index in [2.05, 4.69) is 12.2 Å². The highest BCUT2D eigenvalue weighted by molar-refractivity contribution is 5.97. The van der Waals surface area contributed by atoms with E-state index in [1.165, 1.54) is 0 Å². The van der Waals surface area contributed by atoms with Crippen LogP contribution in [0.2, 0.25) is 0 Å². The second kappa shape index (κ2) is 7.97. The van der Waals surface area contributed by atoms with Gasteiger partial charge in [-0.05, 0) is 36.5 Å². The normalized spacial score (nSPS) is 18.0. The lowest BCUT2D eigenvalue weighted by Crippen LogP contribution is -2.43. The van der Waals surface area contributed by atoms with E-state index in [1.54, 1.807) is 4.90 Å². The number of carbonyl (C=O) groups is 2. The van der Waals surface area contributed by atoms with Gasteiger partial charge in [0, 0.05) is 18.7 Å². The number of nitrogens with one attached hydrogen (secondary N) is 1. The predicted molar refractivity (Wildman–Crippen MR) is 99.3 cm³/mol. The van der Waals surface area contributed by atoms with Crippen LogP contribution < -0.4 is 5.32 Å². The predicted octanol–water partition coefficient (Wildman–Crippen LogP) is 3.81. The third kappa shape index (κ3) is 4.27. The fourth-order valence-electron chi connectivity index (χ4n) is 3.36. The fourth-order valence-corrected chi connectivity index (χ4v) is 3.36. The fraction of sp³-hybridized carbons (Fsp3) is 0.333. The van der Waals surface area contributed by atoms with E-state index in [0.717, 1.165) is 24.1 Å². The SMILES string of the molecule is C[C@H](CC(=O)N1CCC[C@H]1C(=O)Nc1ccccc1)c1ccccc1. The second-order valence-corrected chi connectivity index (χ2v) is 6.62. The molecular formula is C21H24N2O2. The molecule has 130 valence electrons. The Morgan fingerprint density at radius 1 is 1.08 bits per heavy atom. The lowest BCUT2D eigenvalue weighted by molar-refractivity contribution is -0.136. The van der Waals surface area contributed by atoms with Crippen LogP contribution in [0, 0.1) is 0 Å². The number of likely N-dealkylation sites (tertiary alicyclic amines) is 1. The minimum Gasteiger partial charge on any atom is -0.331 e. The maximum absolute atomic E-state index is 12.7. The second-order valence-electron chi connectivity index (χ2n) is 6.62. The van der Waals surface area contributed by atoms with Crippen molar-refractivity contribution in [3.63, 3.8) is 0 Å². The topological polar surface area (TPSA) is 49.4 Å². The molecule has 2 atom stereocenters. The van der Waals surface area contributed by atoms with E-state index in [0.29, 0.717) is 13.0 Å². The van der Waals surface area contributed by atoms with Gasteiger partial charge in [-0.3, -0.25) is 9.59 Å². The third-order valence-electron chi connectivity index (χ3n) is 4.77. The van der Waals surface area contributed by atoms with Crippen molar-refractivity contribution in [3.8, 4) is 0 Å². The molecule has 4 heteroatoms. The van der Waals surface area contributed by atoms with Crippen molar-refractivity contribution in [1.29, 1.82) is 0 Å². The number of anilines is 1. The highest BCUT2D eigenvalue weighted by atomic mass is 16.2. The summed E-state index contributed by atoms with van der Waals surface area (Å²) < 4.78 is 0. The Morgan fingerprint density at radius 2 is 1.72 bits per heavy atom. The molecule has 0 spiro atoms. The molecule has 0 aliphatic carbocycles. The summed E-state index contributed by atoms with van der Waals surface area (Å²) in [4.78, 5) is 27.1. The summed E-state index contributed by atoms with van der Waals surface area (Å²) in [6.45, 7) is 2.72. The van der Waals surface area contributed by atoms with Crippen LogP contribution in [0.1, 0.15) is 37.7 Å². The van der Waals surface area contributed by atoms with Gasteiger partial charge in [-0.2, -0.15) is 0 Å². The van der Waals surface area contributed by atoms with E-state index in [9.17, 15) is 9.59 Å². The van der Waals surface area contributed by atoms with E-state index in [4.69, 9.17) is 0 Å². The summed E-state index contributed by atoms with van der Waals surface area (Å²) in [5.41, 5.74) is 1.92. The van der Waals surface area contributed by atoms with Gasteiger partial charge in [0.2, 0.25) is 11.8 Å². The van der Waals surface area contributed by atoms with Crippen LogP contribution in [0.25, 0.3) is 0 Å². The van der Waals surface area contributed by atoms with Crippen LogP contribution in [0.5, 0.6) is 0 Å². The molecule has 0 saturated carbocycles. The Morgan fingerprint density at radius 3 is 2.40 bits per heavy atom. The summed E-state index contributed by atoms with van der Waals surface area (Å²) in [6.07, 6.45) is 2.03. The number of para-hydroxylation sites is 1. The minimum absolute atomic E-state index is 0.0575. The van der Waals surface area contributed by atoms with Crippen molar-refractivity contribution in [2.45, 2.75) is 38.1 Å². The summed E-state index contributed by atoms with van der Waals surface area (Å²) in [5, 5.41) is 2.92. The molecule has 3 rings (SSSR count).